The van der Waals surface area contributed by atoms with Crippen LogP contribution in [0, 0.1) is 5.82 Å². The van der Waals surface area contributed by atoms with E-state index in [9.17, 15) is 9.18 Å². The van der Waals surface area contributed by atoms with Gasteiger partial charge in [0.25, 0.3) is 5.91 Å². The van der Waals surface area contributed by atoms with Gasteiger partial charge in [0.05, 0.1) is 16.9 Å². The topological polar surface area (TPSA) is 55.1 Å². The minimum Gasteiger partial charge on any atom is -0.397 e. The highest BCUT2D eigenvalue weighted by Crippen LogP contribution is 2.25. The van der Waals surface area contributed by atoms with Crippen LogP contribution in [0.25, 0.3) is 0 Å². The average molecular weight is 344 g/mol. The van der Waals surface area contributed by atoms with E-state index < -0.39 is 5.82 Å². The SMILES string of the molecule is Nc1cc(Cl)ccc1NC(=O)c1ccc(F)cc1Br. The van der Waals surface area contributed by atoms with Crippen LogP contribution in [-0.4, -0.2) is 5.91 Å². The van der Waals surface area contributed by atoms with Gasteiger partial charge in [-0.15, -0.1) is 0 Å². The predicted molar refractivity (Wildman–Crippen MR) is 77.9 cm³/mol. The van der Waals surface area contributed by atoms with Crippen molar-refractivity contribution >= 4 is 44.8 Å². The van der Waals surface area contributed by atoms with Crippen molar-refractivity contribution in [2.24, 2.45) is 0 Å². The fourth-order valence-electron chi connectivity index (χ4n) is 1.51. The van der Waals surface area contributed by atoms with Gasteiger partial charge in [0.15, 0.2) is 0 Å². The molecule has 2 aromatic carbocycles. The number of benzene rings is 2. The lowest BCUT2D eigenvalue weighted by Gasteiger charge is -2.09. The fraction of sp³-hybridized carbons (Fsp3) is 0. The molecule has 0 aromatic heterocycles. The highest BCUT2D eigenvalue weighted by molar-refractivity contribution is 9.10. The second-order valence-corrected chi connectivity index (χ2v) is 5.10. The molecule has 2 rings (SSSR count). The average Bonchev–Trinajstić information content (AvgIpc) is 2.32. The van der Waals surface area contributed by atoms with Crippen LogP contribution in [0.3, 0.4) is 0 Å². The minimum absolute atomic E-state index is 0.316. The maximum Gasteiger partial charge on any atom is 0.256 e. The van der Waals surface area contributed by atoms with E-state index in [-0.39, 0.29) is 5.91 Å². The standard InChI is InChI=1S/C13H9BrClFN2O/c14-10-6-8(16)2-3-9(10)13(19)18-12-4-1-7(15)5-11(12)17/h1-6H,17H2,(H,18,19). The summed E-state index contributed by atoms with van der Waals surface area (Å²) in [6.45, 7) is 0. The molecule has 0 aliphatic carbocycles. The van der Waals surface area contributed by atoms with Gasteiger partial charge in [0.1, 0.15) is 5.82 Å². The molecule has 0 spiro atoms. The Labute approximate surface area is 122 Å². The van der Waals surface area contributed by atoms with Crippen molar-refractivity contribution in [3.8, 4) is 0 Å². The molecule has 0 unspecified atom stereocenters. The molecule has 0 atom stereocenters. The molecule has 0 fully saturated rings. The highest BCUT2D eigenvalue weighted by atomic mass is 79.9. The third-order valence-electron chi connectivity index (χ3n) is 2.44. The lowest BCUT2D eigenvalue weighted by atomic mass is 10.2. The number of rotatable bonds is 2. The zero-order valence-corrected chi connectivity index (χ0v) is 11.9. The predicted octanol–water partition coefficient (Wildman–Crippen LogP) is 4.08. The molecule has 0 aliphatic heterocycles. The number of hydrogen-bond acceptors (Lipinski definition) is 2. The van der Waals surface area contributed by atoms with Gasteiger partial charge in [-0.05, 0) is 52.3 Å². The summed E-state index contributed by atoms with van der Waals surface area (Å²) in [5.74, 6) is -0.810. The summed E-state index contributed by atoms with van der Waals surface area (Å²) in [5.41, 5.74) is 6.86. The van der Waals surface area contributed by atoms with Gasteiger partial charge < -0.3 is 11.1 Å². The van der Waals surface area contributed by atoms with Crippen LogP contribution in [0.15, 0.2) is 40.9 Å². The number of carbonyl (C=O) groups excluding carboxylic acids is 1. The highest BCUT2D eigenvalue weighted by Gasteiger charge is 2.12. The lowest BCUT2D eigenvalue weighted by Crippen LogP contribution is -2.13. The monoisotopic (exact) mass is 342 g/mol. The molecule has 98 valence electrons. The van der Waals surface area contributed by atoms with Gasteiger partial charge in [-0.2, -0.15) is 0 Å². The van der Waals surface area contributed by atoms with Crippen LogP contribution in [0.5, 0.6) is 0 Å². The van der Waals surface area contributed by atoms with E-state index in [0.29, 0.717) is 26.4 Å². The molecule has 0 heterocycles. The molecule has 0 aliphatic rings. The third kappa shape index (κ3) is 3.24. The first-order valence-corrected chi connectivity index (χ1v) is 6.46. The van der Waals surface area contributed by atoms with Crippen molar-refractivity contribution in [1.82, 2.24) is 0 Å². The van der Waals surface area contributed by atoms with E-state index in [0.717, 1.165) is 0 Å². The van der Waals surface area contributed by atoms with Crippen LogP contribution in [0.4, 0.5) is 15.8 Å². The Morgan fingerprint density at radius 3 is 2.63 bits per heavy atom. The van der Waals surface area contributed by atoms with Crippen LogP contribution >= 0.6 is 27.5 Å². The first-order valence-electron chi connectivity index (χ1n) is 5.29. The number of nitrogen functional groups attached to an aromatic ring is 1. The van der Waals surface area contributed by atoms with E-state index in [1.807, 2.05) is 0 Å². The van der Waals surface area contributed by atoms with Gasteiger partial charge in [-0.25, -0.2) is 4.39 Å². The first kappa shape index (κ1) is 13.8. The zero-order chi connectivity index (χ0) is 14.0. The molecule has 0 saturated heterocycles. The summed E-state index contributed by atoms with van der Waals surface area (Å²) in [7, 11) is 0. The van der Waals surface area contributed by atoms with Crippen LogP contribution < -0.4 is 11.1 Å². The molecule has 3 N–H and O–H groups in total. The summed E-state index contributed by atoms with van der Waals surface area (Å²) in [5, 5.41) is 3.12. The van der Waals surface area contributed by atoms with Crippen LogP contribution in [-0.2, 0) is 0 Å². The van der Waals surface area contributed by atoms with Crippen molar-refractivity contribution in [3.63, 3.8) is 0 Å². The summed E-state index contributed by atoms with van der Waals surface area (Å²) in [6, 6.07) is 8.59. The Morgan fingerprint density at radius 1 is 1.26 bits per heavy atom. The second-order valence-electron chi connectivity index (χ2n) is 3.81. The van der Waals surface area contributed by atoms with E-state index in [1.165, 1.54) is 24.3 Å². The normalized spacial score (nSPS) is 10.3. The summed E-state index contributed by atoms with van der Waals surface area (Å²) >= 11 is 8.91. The Kier molecular flexibility index (Phi) is 4.07. The molecule has 1 amide bonds. The first-order chi connectivity index (χ1) is 8.97. The Hall–Kier alpha value is -1.59. The quantitative estimate of drug-likeness (QED) is 0.807. The smallest absolute Gasteiger partial charge is 0.256 e. The number of hydrogen-bond donors (Lipinski definition) is 2. The van der Waals surface area contributed by atoms with Crippen molar-refractivity contribution in [2.45, 2.75) is 0 Å². The molecule has 0 bridgehead atoms. The van der Waals surface area contributed by atoms with Crippen molar-refractivity contribution in [1.29, 1.82) is 0 Å². The fourth-order valence-corrected chi connectivity index (χ4v) is 2.22. The van der Waals surface area contributed by atoms with Crippen LogP contribution in [0.2, 0.25) is 5.02 Å². The maximum atomic E-state index is 12.9. The third-order valence-corrected chi connectivity index (χ3v) is 3.33. The molecular formula is C13H9BrClFN2O. The number of carbonyl (C=O) groups is 1. The van der Waals surface area contributed by atoms with Crippen LogP contribution in [0.1, 0.15) is 10.4 Å². The largest absolute Gasteiger partial charge is 0.397 e. The molecule has 0 saturated carbocycles. The van der Waals surface area contributed by atoms with E-state index in [1.54, 1.807) is 12.1 Å². The Balaban J connectivity index is 2.25. The summed E-state index contributed by atoms with van der Waals surface area (Å²) in [4.78, 5) is 12.0. The number of anilines is 2. The number of halogens is 3. The van der Waals surface area contributed by atoms with Gasteiger partial charge in [0, 0.05) is 9.50 Å². The number of amides is 1. The lowest BCUT2D eigenvalue weighted by molar-refractivity contribution is 0.102. The minimum atomic E-state index is -0.422. The van der Waals surface area contributed by atoms with Crippen molar-refractivity contribution in [3.05, 3.63) is 57.3 Å². The molecule has 0 radical (unpaired) electrons. The van der Waals surface area contributed by atoms with Crippen molar-refractivity contribution in [2.75, 3.05) is 11.1 Å². The molecular weight excluding hydrogens is 335 g/mol. The van der Waals surface area contributed by atoms with Crippen molar-refractivity contribution < 1.29 is 9.18 Å². The second kappa shape index (κ2) is 5.59. The van der Waals surface area contributed by atoms with Gasteiger partial charge >= 0.3 is 0 Å². The van der Waals surface area contributed by atoms with E-state index in [2.05, 4.69) is 21.2 Å². The van der Waals surface area contributed by atoms with Gasteiger partial charge in [0.2, 0.25) is 0 Å². The maximum absolute atomic E-state index is 12.9. The van der Waals surface area contributed by atoms with E-state index in [4.69, 9.17) is 17.3 Å². The van der Waals surface area contributed by atoms with E-state index >= 15 is 0 Å². The molecule has 2 aromatic rings. The zero-order valence-electron chi connectivity index (χ0n) is 9.58. The summed E-state index contributed by atoms with van der Waals surface area (Å²) < 4.78 is 13.3. The van der Waals surface area contributed by atoms with Gasteiger partial charge in [-0.3, -0.25) is 4.79 Å². The Morgan fingerprint density at radius 2 is 2.00 bits per heavy atom. The molecule has 6 heteroatoms. The summed E-state index contributed by atoms with van der Waals surface area (Å²) in [6.07, 6.45) is 0. The Bertz CT molecular complexity index is 649. The van der Waals surface area contributed by atoms with Gasteiger partial charge in [-0.1, -0.05) is 11.6 Å². The number of nitrogens with one attached hydrogen (secondary N) is 1. The molecule has 3 nitrogen and oxygen atoms in total. The number of nitrogens with two attached hydrogens (primary N) is 1. The molecule has 19 heavy (non-hydrogen) atoms.